The van der Waals surface area contributed by atoms with E-state index in [1.54, 1.807) is 6.20 Å². The smallest absolute Gasteiger partial charge is 0.148 e. The number of rotatable bonds is 7. The average molecular weight is 270 g/mol. The lowest BCUT2D eigenvalue weighted by molar-refractivity contribution is 0.325. The summed E-state index contributed by atoms with van der Waals surface area (Å²) in [6, 6.07) is 12.6. The third-order valence-corrected chi connectivity index (χ3v) is 3.11. The Kier molecular flexibility index (Phi) is 5.50. The van der Waals surface area contributed by atoms with Crippen molar-refractivity contribution in [2.45, 2.75) is 19.9 Å². The van der Waals surface area contributed by atoms with Crippen LogP contribution < -0.4 is 5.32 Å². The quantitative estimate of drug-likeness (QED) is 0.785. The molecule has 0 saturated heterocycles. The molecule has 0 aliphatic heterocycles. The van der Waals surface area contributed by atoms with Gasteiger partial charge in [0.15, 0.2) is 0 Å². The third-order valence-electron chi connectivity index (χ3n) is 3.11. The minimum atomic E-state index is 0.857. The van der Waals surface area contributed by atoms with Crippen molar-refractivity contribution in [1.29, 1.82) is 0 Å². The molecule has 1 aromatic carbocycles. The van der Waals surface area contributed by atoms with E-state index in [1.807, 2.05) is 13.0 Å². The van der Waals surface area contributed by atoms with E-state index in [0.717, 1.165) is 37.4 Å². The van der Waals surface area contributed by atoms with Gasteiger partial charge < -0.3 is 10.2 Å². The molecule has 0 aliphatic rings. The monoisotopic (exact) mass is 270 g/mol. The molecule has 0 amide bonds. The van der Waals surface area contributed by atoms with Crippen molar-refractivity contribution in [3.05, 3.63) is 53.7 Å². The lowest BCUT2D eigenvalue weighted by Gasteiger charge is -2.16. The molecular formula is C16H22N4. The molecular weight excluding hydrogens is 248 g/mol. The Morgan fingerprint density at radius 3 is 2.75 bits per heavy atom. The van der Waals surface area contributed by atoms with Crippen molar-refractivity contribution < 1.29 is 0 Å². The minimum Gasteiger partial charge on any atom is -0.369 e. The molecule has 0 aliphatic carbocycles. The molecule has 0 saturated carbocycles. The van der Waals surface area contributed by atoms with E-state index in [1.165, 1.54) is 5.56 Å². The van der Waals surface area contributed by atoms with Crippen molar-refractivity contribution >= 4 is 5.82 Å². The maximum Gasteiger partial charge on any atom is 0.148 e. The molecule has 1 heterocycles. The molecule has 1 N–H and O–H groups in total. The van der Waals surface area contributed by atoms with Crippen LogP contribution in [0.4, 0.5) is 5.82 Å². The van der Waals surface area contributed by atoms with Crippen molar-refractivity contribution in [2.75, 3.05) is 25.5 Å². The molecule has 0 bridgehead atoms. The van der Waals surface area contributed by atoms with E-state index in [4.69, 9.17) is 0 Å². The van der Waals surface area contributed by atoms with Gasteiger partial charge in [0.05, 0.1) is 6.20 Å². The highest BCUT2D eigenvalue weighted by molar-refractivity contribution is 5.34. The number of anilines is 1. The predicted octanol–water partition coefficient (Wildman–Crippen LogP) is 2.72. The summed E-state index contributed by atoms with van der Waals surface area (Å²) >= 11 is 0. The Labute approximate surface area is 120 Å². The highest BCUT2D eigenvalue weighted by Crippen LogP contribution is 2.05. The minimum absolute atomic E-state index is 0.857. The van der Waals surface area contributed by atoms with Gasteiger partial charge in [0, 0.05) is 13.1 Å². The van der Waals surface area contributed by atoms with Gasteiger partial charge in [0.1, 0.15) is 5.82 Å². The second-order valence-corrected chi connectivity index (χ2v) is 5.12. The summed E-state index contributed by atoms with van der Waals surface area (Å²) in [5.41, 5.74) is 2.48. The Hall–Kier alpha value is -1.94. The lowest BCUT2D eigenvalue weighted by atomic mass is 10.2. The number of aromatic nitrogens is 2. The predicted molar refractivity (Wildman–Crippen MR) is 82.7 cm³/mol. The summed E-state index contributed by atoms with van der Waals surface area (Å²) in [5.74, 6) is 0.857. The average Bonchev–Trinajstić information content (AvgIpc) is 2.45. The first-order valence-corrected chi connectivity index (χ1v) is 7.00. The number of hydrogen-bond acceptors (Lipinski definition) is 4. The van der Waals surface area contributed by atoms with Gasteiger partial charge in [-0.2, -0.15) is 5.10 Å². The standard InChI is InChI=1S/C16H22N4/c1-14-11-16(19-18-12-14)17-9-6-10-20(2)13-15-7-4-3-5-8-15/h3-5,7-8,11-12H,6,9-10,13H2,1-2H3,(H,17,19). The molecule has 0 fully saturated rings. The zero-order valence-electron chi connectivity index (χ0n) is 12.2. The van der Waals surface area contributed by atoms with Crippen LogP contribution in [0.3, 0.4) is 0 Å². The number of hydrogen-bond donors (Lipinski definition) is 1. The summed E-state index contributed by atoms with van der Waals surface area (Å²) in [6.07, 6.45) is 2.85. The largest absolute Gasteiger partial charge is 0.369 e. The molecule has 106 valence electrons. The Morgan fingerprint density at radius 1 is 1.20 bits per heavy atom. The molecule has 2 rings (SSSR count). The van der Waals surface area contributed by atoms with Crippen LogP contribution in [-0.4, -0.2) is 35.2 Å². The summed E-state index contributed by atoms with van der Waals surface area (Å²) in [5, 5.41) is 11.3. The normalized spacial score (nSPS) is 10.8. The first kappa shape index (κ1) is 14.5. The molecule has 2 aromatic rings. The van der Waals surface area contributed by atoms with E-state index in [9.17, 15) is 0 Å². The van der Waals surface area contributed by atoms with Crippen LogP contribution in [0, 0.1) is 6.92 Å². The zero-order valence-corrected chi connectivity index (χ0v) is 12.2. The van der Waals surface area contributed by atoms with Crippen LogP contribution in [0.1, 0.15) is 17.5 Å². The second-order valence-electron chi connectivity index (χ2n) is 5.12. The van der Waals surface area contributed by atoms with E-state index in [2.05, 4.69) is 57.8 Å². The summed E-state index contributed by atoms with van der Waals surface area (Å²) < 4.78 is 0. The number of benzene rings is 1. The van der Waals surface area contributed by atoms with Crippen molar-refractivity contribution in [3.63, 3.8) is 0 Å². The zero-order chi connectivity index (χ0) is 14.2. The second kappa shape index (κ2) is 7.60. The van der Waals surface area contributed by atoms with Gasteiger partial charge in [0.25, 0.3) is 0 Å². The molecule has 1 aromatic heterocycles. The van der Waals surface area contributed by atoms with Crippen molar-refractivity contribution in [2.24, 2.45) is 0 Å². The van der Waals surface area contributed by atoms with E-state index >= 15 is 0 Å². The maximum absolute atomic E-state index is 4.05. The Morgan fingerprint density at radius 2 is 2.00 bits per heavy atom. The van der Waals surface area contributed by atoms with Gasteiger partial charge >= 0.3 is 0 Å². The van der Waals surface area contributed by atoms with Gasteiger partial charge in [-0.15, -0.1) is 5.10 Å². The van der Waals surface area contributed by atoms with Gasteiger partial charge in [-0.1, -0.05) is 30.3 Å². The molecule has 0 unspecified atom stereocenters. The molecule has 0 spiro atoms. The number of aryl methyl sites for hydroxylation is 1. The van der Waals surface area contributed by atoms with Gasteiger partial charge in [-0.3, -0.25) is 0 Å². The molecule has 0 atom stereocenters. The molecule has 4 heteroatoms. The van der Waals surface area contributed by atoms with Crippen LogP contribution in [-0.2, 0) is 6.54 Å². The first-order chi connectivity index (χ1) is 9.74. The van der Waals surface area contributed by atoms with Gasteiger partial charge in [-0.25, -0.2) is 0 Å². The fourth-order valence-electron chi connectivity index (χ4n) is 2.09. The fourth-order valence-corrected chi connectivity index (χ4v) is 2.09. The highest BCUT2D eigenvalue weighted by Gasteiger charge is 2.00. The molecule has 20 heavy (non-hydrogen) atoms. The maximum atomic E-state index is 4.05. The van der Waals surface area contributed by atoms with Crippen molar-refractivity contribution in [1.82, 2.24) is 15.1 Å². The van der Waals surface area contributed by atoms with Crippen LogP contribution in [0.5, 0.6) is 0 Å². The van der Waals surface area contributed by atoms with Crippen LogP contribution in [0.25, 0.3) is 0 Å². The fraction of sp³-hybridized carbons (Fsp3) is 0.375. The molecule has 0 radical (unpaired) electrons. The van der Waals surface area contributed by atoms with Gasteiger partial charge in [-0.05, 0) is 44.1 Å². The molecule has 4 nitrogen and oxygen atoms in total. The van der Waals surface area contributed by atoms with E-state index in [0.29, 0.717) is 0 Å². The van der Waals surface area contributed by atoms with Crippen molar-refractivity contribution in [3.8, 4) is 0 Å². The lowest BCUT2D eigenvalue weighted by Crippen LogP contribution is -2.21. The first-order valence-electron chi connectivity index (χ1n) is 7.00. The van der Waals surface area contributed by atoms with Crippen LogP contribution >= 0.6 is 0 Å². The third kappa shape index (κ3) is 4.97. The van der Waals surface area contributed by atoms with E-state index in [-0.39, 0.29) is 0 Å². The van der Waals surface area contributed by atoms with Gasteiger partial charge in [0.2, 0.25) is 0 Å². The summed E-state index contributed by atoms with van der Waals surface area (Å²) in [6.45, 7) is 4.98. The Bertz CT molecular complexity index is 513. The Balaban J connectivity index is 1.66. The summed E-state index contributed by atoms with van der Waals surface area (Å²) in [4.78, 5) is 2.33. The highest BCUT2D eigenvalue weighted by atomic mass is 15.2. The van der Waals surface area contributed by atoms with Crippen LogP contribution in [0.15, 0.2) is 42.6 Å². The van der Waals surface area contributed by atoms with E-state index < -0.39 is 0 Å². The topological polar surface area (TPSA) is 41.1 Å². The summed E-state index contributed by atoms with van der Waals surface area (Å²) in [7, 11) is 2.15. The number of nitrogens with zero attached hydrogens (tertiary/aromatic N) is 3. The van der Waals surface area contributed by atoms with Crippen LogP contribution in [0.2, 0.25) is 0 Å². The SMILES string of the molecule is Cc1cnnc(NCCCN(C)Cc2ccccc2)c1. The number of nitrogens with one attached hydrogen (secondary N) is 1.